The Balaban J connectivity index is 3.91. The highest BCUT2D eigenvalue weighted by Gasteiger charge is 2.21. The Hall–Kier alpha value is -0.830. The van der Waals surface area contributed by atoms with Gasteiger partial charge >= 0.3 is 5.97 Å². The normalized spacial score (nSPS) is 12.2. The first-order valence-electron chi connectivity index (χ1n) is 7.62. The van der Waals surface area contributed by atoms with Crippen LogP contribution in [0.5, 0.6) is 0 Å². The van der Waals surface area contributed by atoms with Gasteiger partial charge in [-0.1, -0.05) is 40.7 Å². The zero-order valence-electron chi connectivity index (χ0n) is 13.7. The van der Waals surface area contributed by atoms with Crippen LogP contribution in [-0.4, -0.2) is 24.3 Å². The van der Waals surface area contributed by atoms with Crippen LogP contribution in [0.4, 0.5) is 0 Å². The molecule has 0 aliphatic heterocycles. The predicted molar refractivity (Wildman–Crippen MR) is 83.5 cm³/mol. The van der Waals surface area contributed by atoms with E-state index in [1.54, 1.807) is 0 Å². The SMILES string of the molecule is C=CC(=O)OCCC(C)(C)CCCC(C)(C)CCCO. The lowest BCUT2D eigenvalue weighted by Crippen LogP contribution is -2.18. The summed E-state index contributed by atoms with van der Waals surface area (Å²) in [7, 11) is 0. The number of esters is 1. The standard InChI is InChI=1S/C17H32O3/c1-6-15(19)20-14-12-17(4,5)10-7-9-16(2,3)11-8-13-18/h6,18H,1,7-14H2,2-5H3. The summed E-state index contributed by atoms with van der Waals surface area (Å²) in [5.41, 5.74) is 0.489. The molecular weight excluding hydrogens is 252 g/mol. The lowest BCUT2D eigenvalue weighted by atomic mass is 9.78. The van der Waals surface area contributed by atoms with Crippen molar-refractivity contribution in [3.05, 3.63) is 12.7 Å². The second kappa shape index (κ2) is 9.17. The molecule has 0 spiro atoms. The summed E-state index contributed by atoms with van der Waals surface area (Å²) in [4.78, 5) is 11.0. The van der Waals surface area contributed by atoms with E-state index >= 15 is 0 Å². The van der Waals surface area contributed by atoms with Gasteiger partial charge in [-0.3, -0.25) is 0 Å². The van der Waals surface area contributed by atoms with E-state index in [2.05, 4.69) is 34.3 Å². The van der Waals surface area contributed by atoms with Gasteiger partial charge in [0.1, 0.15) is 0 Å². The van der Waals surface area contributed by atoms with Crippen molar-refractivity contribution >= 4 is 5.97 Å². The zero-order chi connectivity index (χ0) is 15.6. The third-order valence-electron chi connectivity index (χ3n) is 3.91. The quantitative estimate of drug-likeness (QED) is 0.459. The fourth-order valence-electron chi connectivity index (χ4n) is 2.34. The van der Waals surface area contributed by atoms with Crippen molar-refractivity contribution in [2.24, 2.45) is 10.8 Å². The largest absolute Gasteiger partial charge is 0.463 e. The molecule has 0 aromatic carbocycles. The molecule has 0 saturated carbocycles. The minimum absolute atomic E-state index is 0.189. The van der Waals surface area contributed by atoms with Gasteiger partial charge in [0.2, 0.25) is 0 Å². The van der Waals surface area contributed by atoms with Gasteiger partial charge in [0.05, 0.1) is 6.61 Å². The average molecular weight is 284 g/mol. The van der Waals surface area contributed by atoms with E-state index < -0.39 is 0 Å². The number of hydrogen-bond donors (Lipinski definition) is 1. The molecule has 3 heteroatoms. The molecule has 20 heavy (non-hydrogen) atoms. The van der Waals surface area contributed by atoms with Crippen LogP contribution in [0.25, 0.3) is 0 Å². The number of ether oxygens (including phenoxy) is 1. The molecule has 0 amide bonds. The van der Waals surface area contributed by atoms with Gasteiger partial charge < -0.3 is 9.84 Å². The van der Waals surface area contributed by atoms with Crippen LogP contribution in [0.15, 0.2) is 12.7 Å². The molecule has 0 unspecified atom stereocenters. The van der Waals surface area contributed by atoms with Crippen LogP contribution in [-0.2, 0) is 9.53 Å². The number of rotatable bonds is 11. The summed E-state index contributed by atoms with van der Waals surface area (Å²) in [6.07, 6.45) is 7.50. The van der Waals surface area contributed by atoms with Crippen molar-refractivity contribution in [1.82, 2.24) is 0 Å². The van der Waals surface area contributed by atoms with Crippen molar-refractivity contribution in [2.45, 2.75) is 66.2 Å². The lowest BCUT2D eigenvalue weighted by Gasteiger charge is -2.28. The van der Waals surface area contributed by atoms with Gasteiger partial charge in [-0.05, 0) is 42.9 Å². The number of aliphatic hydroxyl groups is 1. The minimum atomic E-state index is -0.342. The molecule has 0 rings (SSSR count). The second-order valence-corrected chi connectivity index (χ2v) is 7.13. The number of aliphatic hydroxyl groups excluding tert-OH is 1. The number of carbonyl (C=O) groups excluding carboxylic acids is 1. The van der Waals surface area contributed by atoms with Crippen LogP contribution >= 0.6 is 0 Å². The summed E-state index contributed by atoms with van der Waals surface area (Å²) in [5.74, 6) is -0.342. The molecule has 0 aliphatic carbocycles. The van der Waals surface area contributed by atoms with Gasteiger partial charge in [-0.25, -0.2) is 4.79 Å². The number of carbonyl (C=O) groups is 1. The molecule has 0 fully saturated rings. The van der Waals surface area contributed by atoms with Gasteiger partial charge in [0.15, 0.2) is 0 Å². The third kappa shape index (κ3) is 10.0. The highest BCUT2D eigenvalue weighted by atomic mass is 16.5. The molecule has 0 aromatic rings. The molecule has 0 heterocycles. The molecule has 0 atom stereocenters. The Bertz CT molecular complexity index is 293. The van der Waals surface area contributed by atoms with Gasteiger partial charge in [-0.2, -0.15) is 0 Å². The highest BCUT2D eigenvalue weighted by Crippen LogP contribution is 2.33. The first-order valence-corrected chi connectivity index (χ1v) is 7.62. The van der Waals surface area contributed by atoms with Crippen LogP contribution in [0.2, 0.25) is 0 Å². The van der Waals surface area contributed by atoms with E-state index in [9.17, 15) is 4.79 Å². The molecule has 0 aliphatic rings. The molecule has 0 radical (unpaired) electrons. The van der Waals surface area contributed by atoms with Crippen molar-refractivity contribution in [1.29, 1.82) is 0 Å². The Morgan fingerprint density at radius 3 is 2.05 bits per heavy atom. The van der Waals surface area contributed by atoms with Gasteiger partial charge in [-0.15, -0.1) is 0 Å². The maximum absolute atomic E-state index is 11.0. The van der Waals surface area contributed by atoms with Crippen molar-refractivity contribution in [2.75, 3.05) is 13.2 Å². The second-order valence-electron chi connectivity index (χ2n) is 7.13. The van der Waals surface area contributed by atoms with Crippen LogP contribution in [0.3, 0.4) is 0 Å². The molecular formula is C17H32O3. The van der Waals surface area contributed by atoms with E-state index in [-0.39, 0.29) is 18.0 Å². The topological polar surface area (TPSA) is 46.5 Å². The Labute approximate surface area is 124 Å². The van der Waals surface area contributed by atoms with Crippen molar-refractivity contribution in [3.63, 3.8) is 0 Å². The number of hydrogen-bond acceptors (Lipinski definition) is 3. The minimum Gasteiger partial charge on any atom is -0.463 e. The molecule has 0 aromatic heterocycles. The maximum Gasteiger partial charge on any atom is 0.330 e. The fourth-order valence-corrected chi connectivity index (χ4v) is 2.34. The zero-order valence-corrected chi connectivity index (χ0v) is 13.7. The summed E-state index contributed by atoms with van der Waals surface area (Å²) >= 11 is 0. The molecule has 118 valence electrons. The van der Waals surface area contributed by atoms with Crippen LogP contribution in [0.1, 0.15) is 66.2 Å². The maximum atomic E-state index is 11.0. The summed E-state index contributed by atoms with van der Waals surface area (Å²) in [6.45, 7) is 13.1. The summed E-state index contributed by atoms with van der Waals surface area (Å²) < 4.78 is 5.04. The van der Waals surface area contributed by atoms with Gasteiger partial charge in [0.25, 0.3) is 0 Å². The van der Waals surface area contributed by atoms with E-state index in [0.717, 1.165) is 25.7 Å². The van der Waals surface area contributed by atoms with Crippen molar-refractivity contribution in [3.8, 4) is 0 Å². The summed E-state index contributed by atoms with van der Waals surface area (Å²) in [6, 6.07) is 0. The Kier molecular flexibility index (Phi) is 8.79. The van der Waals surface area contributed by atoms with Crippen LogP contribution in [0, 0.1) is 10.8 Å². The first-order chi connectivity index (χ1) is 9.22. The van der Waals surface area contributed by atoms with Crippen LogP contribution < -0.4 is 0 Å². The monoisotopic (exact) mass is 284 g/mol. The van der Waals surface area contributed by atoms with Crippen molar-refractivity contribution < 1.29 is 14.6 Å². The first kappa shape index (κ1) is 19.2. The Morgan fingerprint density at radius 1 is 1.05 bits per heavy atom. The molecule has 0 bridgehead atoms. The van der Waals surface area contributed by atoms with E-state index in [1.165, 1.54) is 18.9 Å². The lowest BCUT2D eigenvalue weighted by molar-refractivity contribution is -0.138. The average Bonchev–Trinajstić information content (AvgIpc) is 2.35. The Morgan fingerprint density at radius 2 is 1.55 bits per heavy atom. The van der Waals surface area contributed by atoms with Gasteiger partial charge in [0, 0.05) is 12.7 Å². The van der Waals surface area contributed by atoms with E-state index in [0.29, 0.717) is 12.0 Å². The smallest absolute Gasteiger partial charge is 0.330 e. The molecule has 0 saturated heterocycles. The third-order valence-corrected chi connectivity index (χ3v) is 3.91. The summed E-state index contributed by atoms with van der Waals surface area (Å²) in [5, 5.41) is 8.90. The van der Waals surface area contributed by atoms with E-state index in [1.807, 2.05) is 0 Å². The molecule has 3 nitrogen and oxygen atoms in total. The highest BCUT2D eigenvalue weighted by molar-refractivity contribution is 5.81. The fraction of sp³-hybridized carbons (Fsp3) is 0.824. The predicted octanol–water partition coefficient (Wildman–Crippen LogP) is 4.10. The molecule has 1 N–H and O–H groups in total. The van der Waals surface area contributed by atoms with E-state index in [4.69, 9.17) is 9.84 Å².